The van der Waals surface area contributed by atoms with Gasteiger partial charge in [-0.2, -0.15) is 10.2 Å². The lowest BCUT2D eigenvalue weighted by Gasteiger charge is -1.97. The summed E-state index contributed by atoms with van der Waals surface area (Å²) >= 11 is 0. The number of benzene rings is 2. The molecule has 0 aliphatic rings. The van der Waals surface area contributed by atoms with Gasteiger partial charge in [0.05, 0.1) is 5.69 Å². The molecule has 1 aromatic heterocycles. The third kappa shape index (κ3) is 5.63. The standard InChI is InChI=1S/C10H8N2OS2.C7H6O3/c1-11-12-8-4-2-7(3-5-8)9-6-10(13)15-14-9;8-5-10-7-4-2-1-3-6(7)9/h2-6H,1H3;1-5,9H. The fraction of sp³-hybridized carbons (Fsp3) is 0.0588. The number of phenolic OH excluding ortho intramolecular Hbond substituents is 1. The van der Waals surface area contributed by atoms with Crippen LogP contribution in [-0.4, -0.2) is 18.6 Å². The molecule has 0 aliphatic carbocycles. The van der Waals surface area contributed by atoms with Crippen molar-refractivity contribution in [2.45, 2.75) is 0 Å². The van der Waals surface area contributed by atoms with Gasteiger partial charge in [-0.1, -0.05) is 34.6 Å². The monoisotopic (exact) mass is 374 g/mol. The van der Waals surface area contributed by atoms with E-state index in [1.54, 1.807) is 25.2 Å². The molecule has 2 aromatic carbocycles. The topological polar surface area (TPSA) is 88.3 Å². The molecule has 128 valence electrons. The van der Waals surface area contributed by atoms with E-state index in [0.29, 0.717) is 0 Å². The lowest BCUT2D eigenvalue weighted by molar-refractivity contribution is -0.120. The molecule has 0 aliphatic heterocycles. The summed E-state index contributed by atoms with van der Waals surface area (Å²) in [7, 11) is 4.39. The molecule has 3 aromatic rings. The van der Waals surface area contributed by atoms with Crippen LogP contribution in [0.3, 0.4) is 0 Å². The summed E-state index contributed by atoms with van der Waals surface area (Å²) in [6.45, 7) is 0.273. The van der Waals surface area contributed by atoms with Crippen LogP contribution in [0.1, 0.15) is 0 Å². The van der Waals surface area contributed by atoms with Crippen LogP contribution in [0.5, 0.6) is 11.5 Å². The van der Waals surface area contributed by atoms with Gasteiger partial charge >= 0.3 is 0 Å². The van der Waals surface area contributed by atoms with E-state index in [-0.39, 0.29) is 22.7 Å². The fourth-order valence-corrected chi connectivity index (χ4v) is 3.68. The molecule has 1 heterocycles. The van der Waals surface area contributed by atoms with Crippen molar-refractivity contribution < 1.29 is 14.6 Å². The number of hydrogen-bond donors (Lipinski definition) is 1. The van der Waals surface area contributed by atoms with Crippen LogP contribution in [0.25, 0.3) is 10.4 Å². The van der Waals surface area contributed by atoms with Crippen molar-refractivity contribution in [1.82, 2.24) is 0 Å². The SMILES string of the molecule is CN=Nc1ccc(-c2cc(=O)ss2)cc1.O=COc1ccccc1O. The minimum Gasteiger partial charge on any atom is -0.504 e. The van der Waals surface area contributed by atoms with Crippen LogP contribution in [-0.2, 0) is 4.79 Å². The van der Waals surface area contributed by atoms with Crippen molar-refractivity contribution in [1.29, 1.82) is 0 Å². The lowest BCUT2D eigenvalue weighted by Crippen LogP contribution is -1.87. The van der Waals surface area contributed by atoms with E-state index in [1.807, 2.05) is 24.3 Å². The summed E-state index contributed by atoms with van der Waals surface area (Å²) in [6.07, 6.45) is 0. The third-order valence-electron chi connectivity index (χ3n) is 2.87. The highest BCUT2D eigenvalue weighted by Crippen LogP contribution is 2.27. The summed E-state index contributed by atoms with van der Waals surface area (Å²) in [6, 6.07) is 15.6. The molecule has 0 spiro atoms. The second-order valence-electron chi connectivity index (χ2n) is 4.52. The molecule has 0 fully saturated rings. The van der Waals surface area contributed by atoms with E-state index in [0.717, 1.165) is 16.1 Å². The highest BCUT2D eigenvalue weighted by Gasteiger charge is 2.01. The summed E-state index contributed by atoms with van der Waals surface area (Å²) < 4.78 is 4.51. The molecular weight excluding hydrogens is 360 g/mol. The second-order valence-corrected chi connectivity index (χ2v) is 6.70. The number of carbonyl (C=O) groups is 1. The van der Waals surface area contributed by atoms with Crippen molar-refractivity contribution >= 4 is 32.8 Å². The van der Waals surface area contributed by atoms with Gasteiger partial charge < -0.3 is 9.84 Å². The first-order chi connectivity index (χ1) is 12.1. The number of aromatic hydroxyl groups is 1. The largest absolute Gasteiger partial charge is 0.504 e. The third-order valence-corrected chi connectivity index (χ3v) is 5.05. The number of carbonyl (C=O) groups excluding carboxylic acids is 1. The van der Waals surface area contributed by atoms with Gasteiger partial charge in [0.25, 0.3) is 6.47 Å². The smallest absolute Gasteiger partial charge is 0.298 e. The van der Waals surface area contributed by atoms with Crippen molar-refractivity contribution in [3.8, 4) is 21.9 Å². The normalized spacial score (nSPS) is 10.1. The first-order valence-corrected chi connectivity index (χ1v) is 9.17. The Labute approximate surface area is 151 Å². The van der Waals surface area contributed by atoms with E-state index in [2.05, 4.69) is 15.0 Å². The van der Waals surface area contributed by atoms with E-state index in [9.17, 15) is 9.59 Å². The van der Waals surface area contributed by atoms with Gasteiger partial charge in [0, 0.05) is 18.0 Å². The number of ether oxygens (including phenoxy) is 1. The molecule has 6 nitrogen and oxygen atoms in total. The van der Waals surface area contributed by atoms with Crippen LogP contribution >= 0.6 is 20.7 Å². The molecule has 1 N–H and O–H groups in total. The van der Waals surface area contributed by atoms with Crippen LogP contribution in [0.15, 0.2) is 69.6 Å². The molecule has 0 radical (unpaired) electrons. The number of hydrogen-bond acceptors (Lipinski definition) is 8. The molecule has 3 rings (SSSR count). The van der Waals surface area contributed by atoms with E-state index in [4.69, 9.17) is 5.11 Å². The molecule has 0 atom stereocenters. The van der Waals surface area contributed by atoms with Crippen LogP contribution < -0.4 is 9.48 Å². The highest BCUT2D eigenvalue weighted by atomic mass is 32.9. The van der Waals surface area contributed by atoms with Crippen molar-refractivity contribution in [2.75, 3.05) is 7.05 Å². The number of azo groups is 1. The fourth-order valence-electron chi connectivity index (χ4n) is 1.79. The molecule has 0 saturated heterocycles. The van der Waals surface area contributed by atoms with Gasteiger partial charge in [-0.15, -0.1) is 0 Å². The maximum atomic E-state index is 11.0. The Bertz CT molecular complexity index is 901. The minimum atomic E-state index is -0.0328. The van der Waals surface area contributed by atoms with Crippen LogP contribution in [0.2, 0.25) is 0 Å². The molecule has 0 unspecified atom stereocenters. The van der Waals surface area contributed by atoms with E-state index >= 15 is 0 Å². The first-order valence-electron chi connectivity index (χ1n) is 7.03. The minimum absolute atomic E-state index is 0.0328. The molecule has 0 bridgehead atoms. The van der Waals surface area contributed by atoms with Gasteiger partial charge in [-0.25, -0.2) is 0 Å². The first kappa shape index (κ1) is 18.5. The Morgan fingerprint density at radius 3 is 2.36 bits per heavy atom. The predicted molar refractivity (Wildman–Crippen MR) is 99.1 cm³/mol. The maximum absolute atomic E-state index is 11.0. The summed E-state index contributed by atoms with van der Waals surface area (Å²) in [5.74, 6) is 0.145. The number of nitrogens with zero attached hydrogens (tertiary/aromatic N) is 2. The molecule has 8 heteroatoms. The molecular formula is C17H14N2O4S2. The Balaban J connectivity index is 0.000000196. The van der Waals surface area contributed by atoms with E-state index < -0.39 is 0 Å². The Morgan fingerprint density at radius 2 is 1.80 bits per heavy atom. The Hall–Kier alpha value is -2.84. The zero-order valence-corrected chi connectivity index (χ0v) is 14.8. The highest BCUT2D eigenvalue weighted by molar-refractivity contribution is 7.69. The van der Waals surface area contributed by atoms with Gasteiger partial charge in [-0.05, 0) is 40.2 Å². The number of para-hydroxylation sites is 2. The van der Waals surface area contributed by atoms with Gasteiger partial charge in [0.2, 0.25) is 4.74 Å². The number of phenols is 1. The predicted octanol–water partition coefficient (Wildman–Crippen LogP) is 4.48. The quantitative estimate of drug-likeness (QED) is 0.414. The molecule has 0 saturated carbocycles. The lowest BCUT2D eigenvalue weighted by atomic mass is 10.2. The van der Waals surface area contributed by atoms with Crippen molar-refractivity contribution in [3.63, 3.8) is 0 Å². The Morgan fingerprint density at radius 1 is 1.08 bits per heavy atom. The zero-order valence-electron chi connectivity index (χ0n) is 13.2. The van der Waals surface area contributed by atoms with Gasteiger partial charge in [0.15, 0.2) is 11.5 Å². The summed E-state index contributed by atoms with van der Waals surface area (Å²) in [4.78, 5) is 21.8. The van der Waals surface area contributed by atoms with E-state index in [1.165, 1.54) is 32.8 Å². The van der Waals surface area contributed by atoms with Crippen molar-refractivity contribution in [3.05, 3.63) is 64.1 Å². The van der Waals surface area contributed by atoms with Crippen LogP contribution in [0, 0.1) is 0 Å². The average Bonchev–Trinajstić information content (AvgIpc) is 3.05. The maximum Gasteiger partial charge on any atom is 0.298 e. The summed E-state index contributed by atoms with van der Waals surface area (Å²) in [5.41, 5.74) is 1.87. The van der Waals surface area contributed by atoms with Crippen molar-refractivity contribution in [2.24, 2.45) is 10.2 Å². The average molecular weight is 374 g/mol. The molecule has 25 heavy (non-hydrogen) atoms. The number of rotatable bonds is 4. The molecule has 0 amide bonds. The van der Waals surface area contributed by atoms with Crippen LogP contribution in [0.4, 0.5) is 5.69 Å². The second kappa shape index (κ2) is 9.45. The summed E-state index contributed by atoms with van der Waals surface area (Å²) in [5, 5.41) is 16.6. The van der Waals surface area contributed by atoms with Gasteiger partial charge in [-0.3, -0.25) is 9.59 Å². The van der Waals surface area contributed by atoms with Gasteiger partial charge in [0.1, 0.15) is 0 Å². The Kier molecular flexibility index (Phi) is 7.00. The zero-order chi connectivity index (χ0) is 18.1.